The Bertz CT molecular complexity index is 1260. The van der Waals surface area contributed by atoms with Gasteiger partial charge in [-0.05, 0) is 93.5 Å². The molecule has 0 unspecified atom stereocenters. The predicted octanol–water partition coefficient (Wildman–Crippen LogP) is 4.61. The number of hydrogen-bond acceptors (Lipinski definition) is 5. The first kappa shape index (κ1) is 25.4. The second kappa shape index (κ2) is 11.4. The number of rotatable bonds is 8. The van der Waals surface area contributed by atoms with Crippen LogP contribution in [0.3, 0.4) is 0 Å². The van der Waals surface area contributed by atoms with Crippen molar-refractivity contribution < 1.29 is 9.53 Å². The van der Waals surface area contributed by atoms with Gasteiger partial charge in [-0.3, -0.25) is 9.48 Å². The van der Waals surface area contributed by atoms with Gasteiger partial charge in [0.05, 0.1) is 11.9 Å². The maximum absolute atomic E-state index is 12.7. The topological polar surface area (TPSA) is 72.3 Å². The van der Waals surface area contributed by atoms with E-state index < -0.39 is 0 Å². The highest BCUT2D eigenvalue weighted by molar-refractivity contribution is 5.83. The van der Waals surface area contributed by atoms with Crippen molar-refractivity contribution in [2.45, 2.75) is 82.8 Å². The first-order chi connectivity index (χ1) is 18.6. The molecule has 0 radical (unpaired) electrons. The van der Waals surface area contributed by atoms with Gasteiger partial charge in [-0.15, -0.1) is 0 Å². The molecule has 1 aliphatic heterocycles. The van der Waals surface area contributed by atoms with E-state index in [9.17, 15) is 4.79 Å². The number of carbonyl (C=O) groups excluding carboxylic acids is 1. The molecule has 38 heavy (non-hydrogen) atoms. The zero-order valence-electron chi connectivity index (χ0n) is 22.7. The summed E-state index contributed by atoms with van der Waals surface area (Å²) in [6, 6.07) is 10.7. The van der Waals surface area contributed by atoms with Gasteiger partial charge in [-0.25, -0.2) is 4.98 Å². The van der Waals surface area contributed by atoms with E-state index in [2.05, 4.69) is 33.5 Å². The number of nitrogens with zero attached hydrogens (tertiary/aromatic N) is 4. The number of aryl methyl sites for hydroxylation is 1. The SMILES string of the molecule is Cn1cc2cc(CC(=O)NC3CCC(CCN4CCc5ccc(OC6CCC6)nc5CC4)CC3)ccc2n1. The fourth-order valence-corrected chi connectivity index (χ4v) is 6.29. The second-order valence-electron chi connectivity index (χ2n) is 11.7. The summed E-state index contributed by atoms with van der Waals surface area (Å²) >= 11 is 0. The smallest absolute Gasteiger partial charge is 0.224 e. The van der Waals surface area contributed by atoms with Crippen LogP contribution in [0.4, 0.5) is 0 Å². The average Bonchev–Trinajstić information content (AvgIpc) is 3.13. The summed E-state index contributed by atoms with van der Waals surface area (Å²) in [4.78, 5) is 20.2. The summed E-state index contributed by atoms with van der Waals surface area (Å²) in [6.45, 7) is 3.37. The maximum Gasteiger partial charge on any atom is 0.224 e. The molecule has 0 bridgehead atoms. The van der Waals surface area contributed by atoms with Crippen molar-refractivity contribution in [3.63, 3.8) is 0 Å². The Morgan fingerprint density at radius 3 is 2.71 bits per heavy atom. The molecule has 2 fully saturated rings. The molecule has 2 aliphatic carbocycles. The van der Waals surface area contributed by atoms with Crippen LogP contribution in [0.15, 0.2) is 36.5 Å². The van der Waals surface area contributed by atoms with Crippen molar-refractivity contribution in [1.82, 2.24) is 25.0 Å². The Balaban J connectivity index is 0.910. The number of amides is 1. The fraction of sp³-hybridized carbons (Fsp3) is 0.581. The van der Waals surface area contributed by atoms with Gasteiger partial charge in [0.15, 0.2) is 0 Å². The predicted molar refractivity (Wildman–Crippen MR) is 149 cm³/mol. The zero-order valence-corrected chi connectivity index (χ0v) is 22.7. The van der Waals surface area contributed by atoms with Gasteiger partial charge in [0, 0.05) is 55.9 Å². The summed E-state index contributed by atoms with van der Waals surface area (Å²) in [5, 5.41) is 8.80. The third-order valence-corrected chi connectivity index (χ3v) is 8.86. The normalized spacial score (nSPS) is 22.4. The van der Waals surface area contributed by atoms with Crippen LogP contribution in [0.25, 0.3) is 10.9 Å². The van der Waals surface area contributed by atoms with Crippen LogP contribution < -0.4 is 10.1 Å². The molecule has 1 amide bonds. The zero-order chi connectivity index (χ0) is 25.9. The third-order valence-electron chi connectivity index (χ3n) is 8.86. The van der Waals surface area contributed by atoms with Crippen molar-refractivity contribution >= 4 is 16.8 Å². The summed E-state index contributed by atoms with van der Waals surface area (Å²) in [5.74, 6) is 1.72. The highest BCUT2D eigenvalue weighted by atomic mass is 16.5. The van der Waals surface area contributed by atoms with Gasteiger partial charge < -0.3 is 15.0 Å². The minimum atomic E-state index is 0.135. The van der Waals surface area contributed by atoms with E-state index >= 15 is 0 Å². The lowest BCUT2D eigenvalue weighted by Gasteiger charge is -2.30. The Morgan fingerprint density at radius 2 is 1.89 bits per heavy atom. The third kappa shape index (κ3) is 6.20. The van der Waals surface area contributed by atoms with Crippen LogP contribution >= 0.6 is 0 Å². The number of fused-ring (bicyclic) bond motifs is 2. The fourth-order valence-electron chi connectivity index (χ4n) is 6.29. The van der Waals surface area contributed by atoms with Crippen LogP contribution in [0.2, 0.25) is 0 Å². The molecular weight excluding hydrogens is 474 g/mol. The molecule has 0 saturated heterocycles. The largest absolute Gasteiger partial charge is 0.474 e. The number of hydrogen-bond donors (Lipinski definition) is 1. The van der Waals surface area contributed by atoms with Crippen molar-refractivity contribution in [3.8, 4) is 5.88 Å². The number of aromatic nitrogens is 3. The lowest BCUT2D eigenvalue weighted by Crippen LogP contribution is -2.39. The summed E-state index contributed by atoms with van der Waals surface area (Å²) in [6.07, 6.45) is 14.4. The molecule has 6 rings (SSSR count). The number of carbonyl (C=O) groups is 1. The molecule has 7 nitrogen and oxygen atoms in total. The van der Waals surface area contributed by atoms with E-state index in [-0.39, 0.29) is 5.91 Å². The minimum absolute atomic E-state index is 0.135. The number of benzene rings is 1. The molecule has 0 spiro atoms. The van der Waals surface area contributed by atoms with Crippen molar-refractivity contribution in [1.29, 1.82) is 0 Å². The lowest BCUT2D eigenvalue weighted by molar-refractivity contribution is -0.121. The Morgan fingerprint density at radius 1 is 1.05 bits per heavy atom. The van der Waals surface area contributed by atoms with Crippen LogP contribution in [-0.4, -0.2) is 57.4 Å². The van der Waals surface area contributed by atoms with Crippen LogP contribution in [-0.2, 0) is 31.1 Å². The first-order valence-corrected chi connectivity index (χ1v) is 14.7. The molecule has 0 atom stereocenters. The van der Waals surface area contributed by atoms with E-state index in [4.69, 9.17) is 9.72 Å². The van der Waals surface area contributed by atoms with Gasteiger partial charge in [0.2, 0.25) is 11.8 Å². The quantitative estimate of drug-likeness (QED) is 0.474. The number of pyridine rings is 1. The maximum atomic E-state index is 12.7. The van der Waals surface area contributed by atoms with E-state index in [0.29, 0.717) is 18.6 Å². The van der Waals surface area contributed by atoms with Gasteiger partial charge in [-0.1, -0.05) is 12.1 Å². The molecule has 3 heterocycles. The van der Waals surface area contributed by atoms with Crippen molar-refractivity contribution in [2.75, 3.05) is 19.6 Å². The first-order valence-electron chi connectivity index (χ1n) is 14.7. The van der Waals surface area contributed by atoms with Crippen LogP contribution in [0, 0.1) is 5.92 Å². The van der Waals surface area contributed by atoms with Crippen molar-refractivity contribution in [3.05, 3.63) is 53.3 Å². The number of ether oxygens (including phenoxy) is 1. The monoisotopic (exact) mass is 515 g/mol. The molecule has 2 saturated carbocycles. The molecule has 3 aromatic rings. The summed E-state index contributed by atoms with van der Waals surface area (Å²) < 4.78 is 7.85. The summed E-state index contributed by atoms with van der Waals surface area (Å²) in [7, 11) is 1.93. The van der Waals surface area contributed by atoms with E-state index in [1.165, 1.54) is 49.8 Å². The van der Waals surface area contributed by atoms with Gasteiger partial charge in [0.1, 0.15) is 6.10 Å². The molecule has 1 N–H and O–H groups in total. The molecule has 202 valence electrons. The second-order valence-corrected chi connectivity index (χ2v) is 11.7. The molecule has 7 heteroatoms. The Labute approximate surface area is 225 Å². The van der Waals surface area contributed by atoms with Crippen LogP contribution in [0.5, 0.6) is 5.88 Å². The molecule has 2 aromatic heterocycles. The minimum Gasteiger partial charge on any atom is -0.474 e. The average molecular weight is 516 g/mol. The highest BCUT2D eigenvalue weighted by Gasteiger charge is 2.24. The number of nitrogens with one attached hydrogen (secondary N) is 1. The van der Waals surface area contributed by atoms with Gasteiger partial charge in [-0.2, -0.15) is 5.10 Å². The summed E-state index contributed by atoms with van der Waals surface area (Å²) in [5.41, 5.74) is 4.65. The molecular formula is C31H41N5O2. The highest BCUT2D eigenvalue weighted by Crippen LogP contribution is 2.29. The lowest BCUT2D eigenvalue weighted by atomic mass is 9.84. The van der Waals surface area contributed by atoms with Gasteiger partial charge in [0.25, 0.3) is 0 Å². The van der Waals surface area contributed by atoms with E-state index in [0.717, 1.165) is 73.6 Å². The van der Waals surface area contributed by atoms with Crippen LogP contribution in [0.1, 0.15) is 68.2 Å². The Hall–Kier alpha value is -2.93. The van der Waals surface area contributed by atoms with E-state index in [1.54, 1.807) is 0 Å². The standard InChI is InChI=1S/C31H41N5O2/c1-35-21-25-19-23(7-11-29(25)34-35)20-30(37)32-26-9-5-22(6-10-26)13-16-36-17-14-24-8-12-31(33-28(24)15-18-36)38-27-3-2-4-27/h7-8,11-12,19,21-22,26-27H,2-6,9-10,13-18,20H2,1H3,(H,32,37). The van der Waals surface area contributed by atoms with Gasteiger partial charge >= 0.3 is 0 Å². The van der Waals surface area contributed by atoms with Crippen molar-refractivity contribution in [2.24, 2.45) is 13.0 Å². The molecule has 1 aromatic carbocycles. The van der Waals surface area contributed by atoms with E-state index in [1.807, 2.05) is 30.1 Å². The molecule has 3 aliphatic rings. The Kier molecular flexibility index (Phi) is 7.63.